The van der Waals surface area contributed by atoms with Crippen LogP contribution in [0.15, 0.2) is 42.5 Å². The molecule has 2 aromatic rings. The summed E-state index contributed by atoms with van der Waals surface area (Å²) in [6.45, 7) is 9.59. The molecule has 0 bridgehead atoms. The standard InChI is InChI=1S/C23H25ClN2O2/c1-15(2)16-5-7-17(8-6-16)22(27)26-13-21(23(3,4)14-26)28-19-10-9-18(12-25)20(24)11-19/h5-11,15,21H,13-14H2,1-4H3/t21-/m0/s1. The Bertz CT molecular complexity index is 913. The van der Waals surface area contributed by atoms with E-state index < -0.39 is 0 Å². The lowest BCUT2D eigenvalue weighted by Crippen LogP contribution is -2.32. The van der Waals surface area contributed by atoms with Crippen molar-refractivity contribution in [2.45, 2.75) is 39.7 Å². The topological polar surface area (TPSA) is 53.3 Å². The molecule has 4 nitrogen and oxygen atoms in total. The number of amides is 1. The van der Waals surface area contributed by atoms with Crippen LogP contribution in [0.4, 0.5) is 0 Å². The van der Waals surface area contributed by atoms with Gasteiger partial charge >= 0.3 is 0 Å². The lowest BCUT2D eigenvalue weighted by Gasteiger charge is -2.26. The summed E-state index contributed by atoms with van der Waals surface area (Å²) < 4.78 is 6.15. The molecule has 0 saturated carbocycles. The second-order valence-corrected chi connectivity index (χ2v) is 8.72. The SMILES string of the molecule is CC(C)c1ccc(C(=O)N2C[C@H](Oc3ccc(C#N)c(Cl)c3)C(C)(C)C2)cc1. The maximum Gasteiger partial charge on any atom is 0.254 e. The molecule has 1 aliphatic heterocycles. The molecule has 2 aromatic carbocycles. The monoisotopic (exact) mass is 396 g/mol. The number of rotatable bonds is 4. The lowest BCUT2D eigenvalue weighted by atomic mass is 9.90. The largest absolute Gasteiger partial charge is 0.488 e. The summed E-state index contributed by atoms with van der Waals surface area (Å²) in [5.41, 5.74) is 2.13. The van der Waals surface area contributed by atoms with E-state index in [1.807, 2.05) is 35.2 Å². The Morgan fingerprint density at radius 2 is 1.93 bits per heavy atom. The van der Waals surface area contributed by atoms with Crippen molar-refractivity contribution in [3.63, 3.8) is 0 Å². The van der Waals surface area contributed by atoms with E-state index in [1.54, 1.807) is 18.2 Å². The molecule has 0 aromatic heterocycles. The second-order valence-electron chi connectivity index (χ2n) is 8.31. The zero-order chi connectivity index (χ0) is 20.5. The van der Waals surface area contributed by atoms with Crippen LogP contribution in [0.5, 0.6) is 5.75 Å². The van der Waals surface area contributed by atoms with Crippen LogP contribution in [-0.4, -0.2) is 30.0 Å². The van der Waals surface area contributed by atoms with Crippen LogP contribution in [0.25, 0.3) is 0 Å². The quantitative estimate of drug-likeness (QED) is 0.707. The van der Waals surface area contributed by atoms with Crippen LogP contribution in [0.1, 0.15) is 55.1 Å². The first-order chi connectivity index (χ1) is 13.2. The lowest BCUT2D eigenvalue weighted by molar-refractivity contribution is 0.0772. The van der Waals surface area contributed by atoms with Crippen molar-refractivity contribution in [2.75, 3.05) is 13.1 Å². The average Bonchev–Trinajstić information content (AvgIpc) is 2.95. The number of halogens is 1. The van der Waals surface area contributed by atoms with Crippen molar-refractivity contribution in [3.8, 4) is 11.8 Å². The number of carbonyl (C=O) groups is 1. The van der Waals surface area contributed by atoms with Gasteiger partial charge in [-0.05, 0) is 35.7 Å². The number of hydrogen-bond donors (Lipinski definition) is 0. The maximum absolute atomic E-state index is 13.0. The van der Waals surface area contributed by atoms with Gasteiger partial charge in [0.25, 0.3) is 5.91 Å². The molecular weight excluding hydrogens is 372 g/mol. The smallest absolute Gasteiger partial charge is 0.254 e. The molecule has 28 heavy (non-hydrogen) atoms. The Balaban J connectivity index is 1.73. The van der Waals surface area contributed by atoms with Crippen LogP contribution in [0.2, 0.25) is 5.02 Å². The number of nitriles is 1. The van der Waals surface area contributed by atoms with E-state index in [1.165, 1.54) is 5.56 Å². The van der Waals surface area contributed by atoms with Crippen molar-refractivity contribution in [2.24, 2.45) is 5.41 Å². The Kier molecular flexibility index (Phi) is 5.67. The second kappa shape index (κ2) is 7.85. The zero-order valence-corrected chi connectivity index (χ0v) is 17.5. The van der Waals surface area contributed by atoms with Crippen molar-refractivity contribution in [1.29, 1.82) is 5.26 Å². The van der Waals surface area contributed by atoms with Gasteiger partial charge in [-0.3, -0.25) is 4.79 Å². The van der Waals surface area contributed by atoms with E-state index in [0.717, 1.165) is 0 Å². The summed E-state index contributed by atoms with van der Waals surface area (Å²) in [4.78, 5) is 14.8. The van der Waals surface area contributed by atoms with Crippen LogP contribution >= 0.6 is 11.6 Å². The van der Waals surface area contributed by atoms with Crippen molar-refractivity contribution in [3.05, 3.63) is 64.2 Å². The highest BCUT2D eigenvalue weighted by Crippen LogP contribution is 2.35. The molecule has 0 aliphatic carbocycles. The first-order valence-electron chi connectivity index (χ1n) is 9.47. The molecule has 1 aliphatic rings. The van der Waals surface area contributed by atoms with Gasteiger partial charge in [-0.2, -0.15) is 5.26 Å². The summed E-state index contributed by atoms with van der Waals surface area (Å²) >= 11 is 6.11. The summed E-state index contributed by atoms with van der Waals surface area (Å²) in [6, 6.07) is 14.9. The minimum atomic E-state index is -0.200. The number of carbonyl (C=O) groups excluding carboxylic acids is 1. The molecule has 1 heterocycles. The fraction of sp³-hybridized carbons (Fsp3) is 0.391. The molecule has 5 heteroatoms. The third kappa shape index (κ3) is 4.15. The summed E-state index contributed by atoms with van der Waals surface area (Å²) in [6.07, 6.45) is -0.157. The number of likely N-dealkylation sites (tertiary alicyclic amines) is 1. The van der Waals surface area contributed by atoms with E-state index in [4.69, 9.17) is 21.6 Å². The van der Waals surface area contributed by atoms with Crippen molar-refractivity contribution >= 4 is 17.5 Å². The maximum atomic E-state index is 13.0. The predicted molar refractivity (Wildman–Crippen MR) is 111 cm³/mol. The van der Waals surface area contributed by atoms with Gasteiger partial charge in [0.05, 0.1) is 17.1 Å². The van der Waals surface area contributed by atoms with Gasteiger partial charge < -0.3 is 9.64 Å². The van der Waals surface area contributed by atoms with Crippen LogP contribution in [0.3, 0.4) is 0 Å². The number of nitrogens with zero attached hydrogens (tertiary/aromatic N) is 2. The molecule has 0 spiro atoms. The zero-order valence-electron chi connectivity index (χ0n) is 16.7. The fourth-order valence-corrected chi connectivity index (χ4v) is 3.69. The highest BCUT2D eigenvalue weighted by atomic mass is 35.5. The van der Waals surface area contributed by atoms with Gasteiger partial charge in [-0.15, -0.1) is 0 Å². The van der Waals surface area contributed by atoms with Crippen LogP contribution in [0, 0.1) is 16.7 Å². The Hall–Kier alpha value is -2.51. The molecule has 3 rings (SSSR count). The van der Waals surface area contributed by atoms with Gasteiger partial charge in [-0.1, -0.05) is 51.4 Å². The number of ether oxygens (including phenoxy) is 1. The van der Waals surface area contributed by atoms with E-state index in [-0.39, 0.29) is 17.4 Å². The molecule has 0 N–H and O–H groups in total. The molecule has 1 saturated heterocycles. The first-order valence-corrected chi connectivity index (χ1v) is 9.84. The normalized spacial score (nSPS) is 18.2. The molecule has 1 amide bonds. The fourth-order valence-electron chi connectivity index (χ4n) is 3.47. The Morgan fingerprint density at radius 1 is 1.25 bits per heavy atom. The molecule has 0 unspecified atom stereocenters. The van der Waals surface area contributed by atoms with Gasteiger partial charge in [0, 0.05) is 23.6 Å². The Morgan fingerprint density at radius 3 is 2.50 bits per heavy atom. The number of benzene rings is 2. The number of hydrogen-bond acceptors (Lipinski definition) is 3. The van der Waals surface area contributed by atoms with Crippen molar-refractivity contribution in [1.82, 2.24) is 4.90 Å². The summed E-state index contributed by atoms with van der Waals surface area (Å²) in [5.74, 6) is 1.07. The van der Waals surface area contributed by atoms with E-state index in [9.17, 15) is 4.79 Å². The summed E-state index contributed by atoms with van der Waals surface area (Å²) in [5, 5.41) is 9.38. The van der Waals surface area contributed by atoms with Gasteiger partial charge in [-0.25, -0.2) is 0 Å². The van der Waals surface area contributed by atoms with E-state index >= 15 is 0 Å². The highest BCUT2D eigenvalue weighted by Gasteiger charge is 2.43. The Labute approximate surface area is 171 Å². The van der Waals surface area contributed by atoms with Gasteiger partial charge in [0.15, 0.2) is 0 Å². The van der Waals surface area contributed by atoms with Crippen LogP contribution < -0.4 is 4.74 Å². The predicted octanol–water partition coefficient (Wildman–Crippen LogP) is 5.26. The first kappa shape index (κ1) is 20.2. The molecule has 1 fully saturated rings. The minimum Gasteiger partial charge on any atom is -0.488 e. The van der Waals surface area contributed by atoms with Gasteiger partial charge in [0.1, 0.15) is 17.9 Å². The highest BCUT2D eigenvalue weighted by molar-refractivity contribution is 6.31. The molecular formula is C23H25ClN2O2. The molecule has 1 atom stereocenters. The van der Waals surface area contributed by atoms with E-state index in [2.05, 4.69) is 27.7 Å². The van der Waals surface area contributed by atoms with Crippen molar-refractivity contribution < 1.29 is 9.53 Å². The van der Waals surface area contributed by atoms with E-state index in [0.29, 0.717) is 40.9 Å². The third-order valence-electron chi connectivity index (χ3n) is 5.31. The molecule has 0 radical (unpaired) electrons. The third-order valence-corrected chi connectivity index (χ3v) is 5.62. The molecule has 146 valence electrons. The van der Waals surface area contributed by atoms with Gasteiger partial charge in [0.2, 0.25) is 0 Å². The minimum absolute atomic E-state index is 0.0207. The summed E-state index contributed by atoms with van der Waals surface area (Å²) in [7, 11) is 0. The average molecular weight is 397 g/mol. The van der Waals surface area contributed by atoms with Crippen LogP contribution in [-0.2, 0) is 0 Å².